The molecule has 142 valence electrons. The number of ether oxygens (including phenoxy) is 2. The van der Waals surface area contributed by atoms with Crippen molar-refractivity contribution in [1.29, 1.82) is 0 Å². The van der Waals surface area contributed by atoms with Crippen LogP contribution in [0.3, 0.4) is 0 Å². The van der Waals surface area contributed by atoms with Gasteiger partial charge in [-0.1, -0.05) is 11.6 Å². The Hall–Kier alpha value is -2.06. The molecule has 0 radical (unpaired) electrons. The Labute approximate surface area is 190 Å². The standard InChI is InChI=1S/C19H18ClN3O4.Na.H/c1-26-15-7-4-11(9-16(15)27-8-2-3-17(24)25)18-13-10-12(20)5-6-14(13)22-19(21)23-18;;/h4-7,9-10H,2-3,8H2,1H3,(H,24,25)(H2,21,22,23);;/q;+1;-1. The molecule has 2 aromatic carbocycles. The van der Waals surface area contributed by atoms with Crippen LogP contribution in [0.4, 0.5) is 5.95 Å². The molecule has 0 saturated heterocycles. The van der Waals surface area contributed by atoms with Gasteiger partial charge in [-0.25, -0.2) is 9.97 Å². The van der Waals surface area contributed by atoms with E-state index in [1.54, 1.807) is 30.3 Å². The fraction of sp³-hybridized carbons (Fsp3) is 0.211. The van der Waals surface area contributed by atoms with Crippen molar-refractivity contribution in [2.75, 3.05) is 19.5 Å². The Bertz CT molecular complexity index is 1010. The fourth-order valence-corrected chi connectivity index (χ4v) is 2.85. The van der Waals surface area contributed by atoms with Crippen molar-refractivity contribution < 1.29 is 50.4 Å². The molecular formula is C19H19ClN3NaO4. The van der Waals surface area contributed by atoms with Gasteiger partial charge in [-0.3, -0.25) is 4.79 Å². The van der Waals surface area contributed by atoms with Gasteiger partial charge in [0.25, 0.3) is 0 Å². The maximum Gasteiger partial charge on any atom is 1.00 e. The summed E-state index contributed by atoms with van der Waals surface area (Å²) in [6.07, 6.45) is 0.426. The number of fused-ring (bicyclic) bond motifs is 1. The Morgan fingerprint density at radius 1 is 1.21 bits per heavy atom. The van der Waals surface area contributed by atoms with E-state index in [1.165, 1.54) is 7.11 Å². The minimum atomic E-state index is -0.862. The molecule has 3 N–H and O–H groups in total. The van der Waals surface area contributed by atoms with Gasteiger partial charge in [0.1, 0.15) is 0 Å². The number of nitrogen functional groups attached to an aromatic ring is 1. The predicted molar refractivity (Wildman–Crippen MR) is 104 cm³/mol. The van der Waals surface area contributed by atoms with E-state index >= 15 is 0 Å². The number of rotatable bonds is 7. The first kappa shape index (κ1) is 22.2. The summed E-state index contributed by atoms with van der Waals surface area (Å²) in [6, 6.07) is 10.7. The zero-order valence-electron chi connectivity index (χ0n) is 16.6. The molecule has 1 aromatic heterocycles. The Kier molecular flexibility index (Phi) is 7.88. The number of anilines is 1. The van der Waals surface area contributed by atoms with Gasteiger partial charge in [0.15, 0.2) is 11.5 Å². The van der Waals surface area contributed by atoms with Crippen molar-refractivity contribution >= 4 is 34.4 Å². The Morgan fingerprint density at radius 3 is 2.71 bits per heavy atom. The second kappa shape index (κ2) is 9.93. The molecule has 0 atom stereocenters. The number of aliphatic carboxylic acids is 1. The van der Waals surface area contributed by atoms with E-state index in [0.717, 1.165) is 10.9 Å². The molecule has 9 heteroatoms. The summed E-state index contributed by atoms with van der Waals surface area (Å²) in [4.78, 5) is 19.2. The number of hydrogen-bond acceptors (Lipinski definition) is 6. The normalized spacial score (nSPS) is 10.4. The van der Waals surface area contributed by atoms with E-state index in [4.69, 9.17) is 31.9 Å². The van der Waals surface area contributed by atoms with Gasteiger partial charge >= 0.3 is 35.5 Å². The topological polar surface area (TPSA) is 108 Å². The van der Waals surface area contributed by atoms with Crippen LogP contribution in [0.5, 0.6) is 11.5 Å². The summed E-state index contributed by atoms with van der Waals surface area (Å²) in [5, 5.41) is 10.1. The number of aromatic nitrogens is 2. The maximum atomic E-state index is 10.6. The molecule has 0 aliphatic rings. The number of methoxy groups -OCH3 is 1. The number of benzene rings is 2. The number of carboxylic acid groups (broad SMARTS) is 1. The van der Waals surface area contributed by atoms with Crippen LogP contribution in [-0.2, 0) is 4.79 Å². The van der Waals surface area contributed by atoms with E-state index in [9.17, 15) is 4.79 Å². The Balaban J connectivity index is 0.00000210. The van der Waals surface area contributed by atoms with E-state index in [1.807, 2.05) is 6.07 Å². The number of carbonyl (C=O) groups is 1. The van der Waals surface area contributed by atoms with Crippen molar-refractivity contribution in [1.82, 2.24) is 9.97 Å². The van der Waals surface area contributed by atoms with E-state index in [0.29, 0.717) is 34.2 Å². The van der Waals surface area contributed by atoms with Gasteiger partial charge in [-0.2, -0.15) is 0 Å². The summed E-state index contributed by atoms with van der Waals surface area (Å²) in [5.74, 6) is 0.324. The van der Waals surface area contributed by atoms with Gasteiger partial charge in [-0.05, 0) is 42.8 Å². The summed E-state index contributed by atoms with van der Waals surface area (Å²) in [6.45, 7) is 0.255. The van der Waals surface area contributed by atoms with Crippen LogP contribution in [0, 0.1) is 0 Å². The molecule has 0 unspecified atom stereocenters. The molecule has 3 rings (SSSR count). The predicted octanol–water partition coefficient (Wildman–Crippen LogP) is 0.901. The van der Waals surface area contributed by atoms with Gasteiger partial charge in [0, 0.05) is 22.4 Å². The molecule has 0 fully saturated rings. The van der Waals surface area contributed by atoms with Gasteiger partial charge in [0.2, 0.25) is 5.95 Å². The Morgan fingerprint density at radius 2 is 2.00 bits per heavy atom. The number of nitrogens with two attached hydrogens (primary N) is 1. The largest absolute Gasteiger partial charge is 1.00 e. The molecular weight excluding hydrogens is 393 g/mol. The first-order valence-electron chi connectivity index (χ1n) is 8.23. The average molecular weight is 412 g/mol. The van der Waals surface area contributed by atoms with Crippen LogP contribution >= 0.6 is 11.6 Å². The van der Waals surface area contributed by atoms with Crippen molar-refractivity contribution in [3.8, 4) is 22.8 Å². The van der Waals surface area contributed by atoms with Crippen LogP contribution in [0.1, 0.15) is 14.3 Å². The first-order valence-corrected chi connectivity index (χ1v) is 8.61. The maximum absolute atomic E-state index is 10.6. The minimum absolute atomic E-state index is 0. The number of hydrogen-bond donors (Lipinski definition) is 2. The van der Waals surface area contributed by atoms with Crippen LogP contribution < -0.4 is 44.8 Å². The summed E-state index contributed by atoms with van der Waals surface area (Å²) >= 11 is 6.13. The molecule has 3 aromatic rings. The monoisotopic (exact) mass is 411 g/mol. The number of halogens is 1. The van der Waals surface area contributed by atoms with Crippen molar-refractivity contribution in [3.05, 3.63) is 41.4 Å². The third-order valence-corrected chi connectivity index (χ3v) is 4.14. The van der Waals surface area contributed by atoms with Crippen LogP contribution in [0.2, 0.25) is 5.02 Å². The average Bonchev–Trinajstić information content (AvgIpc) is 2.64. The summed E-state index contributed by atoms with van der Waals surface area (Å²) < 4.78 is 11.0. The summed E-state index contributed by atoms with van der Waals surface area (Å²) in [5.41, 5.74) is 7.91. The smallest absolute Gasteiger partial charge is 1.00 e. The third-order valence-electron chi connectivity index (χ3n) is 3.90. The first-order chi connectivity index (χ1) is 13.0. The third kappa shape index (κ3) is 5.26. The molecule has 0 saturated carbocycles. The molecule has 0 aliphatic heterocycles. The van der Waals surface area contributed by atoms with Gasteiger partial charge < -0.3 is 21.7 Å². The van der Waals surface area contributed by atoms with Gasteiger partial charge in [0.05, 0.1) is 24.9 Å². The SMILES string of the molecule is COc1ccc(-c2nc(N)nc3ccc(Cl)cc23)cc1OCCCC(=O)O.[H-].[Na+]. The molecule has 28 heavy (non-hydrogen) atoms. The number of nitrogens with zero attached hydrogens (tertiary/aromatic N) is 2. The van der Waals surface area contributed by atoms with Crippen molar-refractivity contribution in [2.24, 2.45) is 0 Å². The molecule has 0 amide bonds. The van der Waals surface area contributed by atoms with Crippen molar-refractivity contribution in [2.45, 2.75) is 12.8 Å². The molecule has 0 aliphatic carbocycles. The zero-order chi connectivity index (χ0) is 19.4. The van der Waals surface area contributed by atoms with Crippen molar-refractivity contribution in [3.63, 3.8) is 0 Å². The van der Waals surface area contributed by atoms with E-state index in [-0.39, 0.29) is 50.0 Å². The molecule has 7 nitrogen and oxygen atoms in total. The van der Waals surface area contributed by atoms with E-state index in [2.05, 4.69) is 9.97 Å². The zero-order valence-corrected chi connectivity index (χ0v) is 18.4. The quantitative estimate of drug-likeness (QED) is 0.439. The molecule has 0 bridgehead atoms. The summed E-state index contributed by atoms with van der Waals surface area (Å²) in [7, 11) is 1.54. The molecule has 1 heterocycles. The molecule has 0 spiro atoms. The van der Waals surface area contributed by atoms with Gasteiger partial charge in [-0.15, -0.1) is 0 Å². The second-order valence-corrected chi connectivity index (χ2v) is 6.24. The number of carboxylic acids is 1. The minimum Gasteiger partial charge on any atom is -1.00 e. The van der Waals surface area contributed by atoms with Crippen LogP contribution in [-0.4, -0.2) is 34.8 Å². The van der Waals surface area contributed by atoms with Crippen LogP contribution in [0.15, 0.2) is 36.4 Å². The second-order valence-electron chi connectivity index (χ2n) is 5.80. The van der Waals surface area contributed by atoms with Crippen LogP contribution in [0.25, 0.3) is 22.2 Å². The fourth-order valence-electron chi connectivity index (χ4n) is 2.68. The van der Waals surface area contributed by atoms with E-state index < -0.39 is 5.97 Å².